The van der Waals surface area contributed by atoms with Crippen LogP contribution in [0.2, 0.25) is 5.02 Å². The van der Waals surface area contributed by atoms with Gasteiger partial charge in [0.2, 0.25) is 0 Å². The van der Waals surface area contributed by atoms with Crippen molar-refractivity contribution < 1.29 is 4.74 Å². The van der Waals surface area contributed by atoms with Gasteiger partial charge in [0.25, 0.3) is 0 Å². The number of aromatic nitrogens is 3. The summed E-state index contributed by atoms with van der Waals surface area (Å²) in [5.74, 6) is 2.41. The van der Waals surface area contributed by atoms with Gasteiger partial charge in [0, 0.05) is 31.0 Å². The molecule has 0 fully saturated rings. The summed E-state index contributed by atoms with van der Waals surface area (Å²) in [4.78, 5) is 12.0. The van der Waals surface area contributed by atoms with Crippen molar-refractivity contribution in [3.63, 3.8) is 0 Å². The lowest BCUT2D eigenvalue weighted by molar-refractivity contribution is 0.415. The van der Waals surface area contributed by atoms with Crippen LogP contribution in [0.1, 0.15) is 27.2 Å². The fraction of sp³-hybridized carbons (Fsp3) is 0.429. The molecule has 3 rings (SSSR count). The number of methoxy groups -OCH3 is 1. The van der Waals surface area contributed by atoms with E-state index in [2.05, 4.69) is 41.3 Å². The molecule has 0 amide bonds. The fourth-order valence-corrected chi connectivity index (χ4v) is 4.22. The van der Waals surface area contributed by atoms with E-state index in [1.165, 1.54) is 0 Å². The van der Waals surface area contributed by atoms with E-state index in [1.54, 1.807) is 18.9 Å². The third kappa shape index (κ3) is 4.08. The minimum atomic E-state index is 0.559. The number of anilines is 1. The highest BCUT2D eigenvalue weighted by Gasteiger charge is 2.22. The fourth-order valence-electron chi connectivity index (χ4n) is 3.37. The number of thioether (sulfide) groups is 1. The average Bonchev–Trinajstić information content (AvgIpc) is 3.06. The van der Waals surface area contributed by atoms with Crippen LogP contribution in [0.25, 0.3) is 16.9 Å². The number of halogens is 1. The summed E-state index contributed by atoms with van der Waals surface area (Å²) in [5, 5.41) is 1.61. The lowest BCUT2D eigenvalue weighted by atomic mass is 10.1. The minimum absolute atomic E-state index is 0.559. The number of fused-ring (bicyclic) bond motifs is 1. The van der Waals surface area contributed by atoms with Gasteiger partial charge in [0.1, 0.15) is 22.3 Å². The van der Waals surface area contributed by atoms with E-state index in [-0.39, 0.29) is 0 Å². The van der Waals surface area contributed by atoms with Crippen LogP contribution in [0.3, 0.4) is 0 Å². The zero-order chi connectivity index (χ0) is 20.3. The highest BCUT2D eigenvalue weighted by molar-refractivity contribution is 7.98. The van der Waals surface area contributed by atoms with Gasteiger partial charge in [-0.2, -0.15) is 0 Å². The van der Waals surface area contributed by atoms with E-state index in [0.29, 0.717) is 10.9 Å². The van der Waals surface area contributed by atoms with E-state index >= 15 is 0 Å². The van der Waals surface area contributed by atoms with Gasteiger partial charge in [-0.25, -0.2) is 4.98 Å². The Morgan fingerprint density at radius 2 is 2.11 bits per heavy atom. The van der Waals surface area contributed by atoms with Crippen molar-refractivity contribution in [3.8, 4) is 17.0 Å². The van der Waals surface area contributed by atoms with Gasteiger partial charge in [-0.3, -0.25) is 9.38 Å². The molecule has 0 unspecified atom stereocenters. The Kier molecular flexibility index (Phi) is 6.73. The summed E-state index contributed by atoms with van der Waals surface area (Å²) in [6.45, 7) is 8.67. The first-order chi connectivity index (χ1) is 13.5. The largest absolute Gasteiger partial charge is 0.497 e. The van der Waals surface area contributed by atoms with Gasteiger partial charge in [0.05, 0.1) is 12.1 Å². The molecule has 0 atom stereocenters. The molecule has 7 heteroatoms. The summed E-state index contributed by atoms with van der Waals surface area (Å²) in [5.41, 5.74) is 2.44. The quantitative estimate of drug-likeness (QED) is 0.442. The molecule has 0 aliphatic rings. The second-order valence-corrected chi connectivity index (χ2v) is 8.30. The Bertz CT molecular complexity index is 957. The van der Waals surface area contributed by atoms with E-state index in [4.69, 9.17) is 21.3 Å². The highest BCUT2D eigenvalue weighted by Crippen LogP contribution is 2.36. The van der Waals surface area contributed by atoms with Crippen molar-refractivity contribution >= 4 is 34.8 Å². The Morgan fingerprint density at radius 3 is 2.71 bits per heavy atom. The van der Waals surface area contributed by atoms with Crippen molar-refractivity contribution in [2.75, 3.05) is 31.4 Å². The van der Waals surface area contributed by atoms with Crippen molar-refractivity contribution in [3.05, 3.63) is 35.6 Å². The van der Waals surface area contributed by atoms with E-state index < -0.39 is 0 Å². The molecule has 2 aromatic heterocycles. The lowest BCUT2D eigenvalue weighted by Gasteiger charge is -2.26. The number of nitrogens with zero attached hydrogens (tertiary/aromatic N) is 4. The first-order valence-corrected chi connectivity index (χ1v) is 11.1. The minimum Gasteiger partial charge on any atom is -0.497 e. The lowest BCUT2D eigenvalue weighted by Crippen LogP contribution is -2.30. The first kappa shape index (κ1) is 20.8. The van der Waals surface area contributed by atoms with E-state index in [9.17, 15) is 0 Å². The Labute approximate surface area is 176 Å². The molecule has 3 aromatic rings. The van der Waals surface area contributed by atoms with Gasteiger partial charge in [-0.15, -0.1) is 11.8 Å². The Morgan fingerprint density at radius 1 is 1.32 bits per heavy atom. The van der Waals surface area contributed by atoms with Crippen LogP contribution in [0, 0.1) is 5.92 Å². The zero-order valence-corrected chi connectivity index (χ0v) is 18.6. The van der Waals surface area contributed by atoms with Gasteiger partial charge in [-0.1, -0.05) is 32.4 Å². The molecule has 28 heavy (non-hydrogen) atoms. The highest BCUT2D eigenvalue weighted by atomic mass is 35.5. The Hall–Kier alpha value is -1.92. The van der Waals surface area contributed by atoms with E-state index in [1.807, 2.05) is 30.6 Å². The van der Waals surface area contributed by atoms with Crippen molar-refractivity contribution in [2.24, 2.45) is 5.92 Å². The van der Waals surface area contributed by atoms with Crippen LogP contribution in [-0.4, -0.2) is 40.8 Å². The second-order valence-electron chi connectivity index (χ2n) is 7.10. The molecule has 5 nitrogen and oxygen atoms in total. The van der Waals surface area contributed by atoms with Gasteiger partial charge < -0.3 is 9.64 Å². The topological polar surface area (TPSA) is 42.7 Å². The number of benzene rings is 1. The predicted molar refractivity (Wildman–Crippen MR) is 119 cm³/mol. The summed E-state index contributed by atoms with van der Waals surface area (Å²) in [6, 6.07) is 5.64. The van der Waals surface area contributed by atoms with Crippen molar-refractivity contribution in [2.45, 2.75) is 32.2 Å². The maximum atomic E-state index is 6.53. The molecule has 0 aliphatic carbocycles. The van der Waals surface area contributed by atoms with Crippen LogP contribution in [0.15, 0.2) is 35.6 Å². The van der Waals surface area contributed by atoms with Crippen LogP contribution in [0.4, 0.5) is 5.82 Å². The zero-order valence-electron chi connectivity index (χ0n) is 17.1. The third-order valence-corrected chi connectivity index (χ3v) is 5.46. The van der Waals surface area contributed by atoms with Crippen molar-refractivity contribution in [1.29, 1.82) is 0 Å². The monoisotopic (exact) mass is 418 g/mol. The number of imidazole rings is 1. The summed E-state index contributed by atoms with van der Waals surface area (Å²) in [6.07, 6.45) is 6.95. The normalized spacial score (nSPS) is 11.4. The number of hydrogen-bond acceptors (Lipinski definition) is 5. The molecule has 150 valence electrons. The number of hydrogen-bond donors (Lipinski definition) is 0. The smallest absolute Gasteiger partial charge is 0.166 e. The SMILES string of the molecule is CCCN(CC(C)C)c1c(SC)nc2c(-c3ccc(OC)cc3Cl)nccn12. The average molecular weight is 419 g/mol. The predicted octanol–water partition coefficient (Wildman–Crippen LogP) is 5.65. The van der Waals surface area contributed by atoms with E-state index in [0.717, 1.165) is 53.0 Å². The molecule has 0 bridgehead atoms. The first-order valence-electron chi connectivity index (χ1n) is 9.50. The van der Waals surface area contributed by atoms with Crippen LogP contribution in [0.5, 0.6) is 5.75 Å². The van der Waals surface area contributed by atoms with Gasteiger partial charge in [0.15, 0.2) is 5.65 Å². The summed E-state index contributed by atoms with van der Waals surface area (Å²) in [7, 11) is 1.63. The molecule has 1 aromatic carbocycles. The summed E-state index contributed by atoms with van der Waals surface area (Å²) >= 11 is 8.19. The Balaban J connectivity index is 2.20. The molecule has 0 aliphatic heterocycles. The molecular formula is C21H27ClN4OS. The number of rotatable bonds is 8. The molecule has 0 saturated heterocycles. The molecule has 0 N–H and O–H groups in total. The third-order valence-electron chi connectivity index (χ3n) is 4.49. The van der Waals surface area contributed by atoms with Crippen LogP contribution < -0.4 is 9.64 Å². The van der Waals surface area contributed by atoms with Crippen molar-refractivity contribution in [1.82, 2.24) is 14.4 Å². The standard InChI is InChI=1S/C21H27ClN4OS/c1-6-10-25(13-14(2)3)21-20(28-5)24-19-18(23-9-11-26(19)21)16-8-7-15(27-4)12-17(16)22/h7-9,11-12,14H,6,10,13H2,1-5H3. The molecule has 0 saturated carbocycles. The maximum Gasteiger partial charge on any atom is 0.166 e. The van der Waals surface area contributed by atoms with Crippen LogP contribution >= 0.6 is 23.4 Å². The van der Waals surface area contributed by atoms with Gasteiger partial charge >= 0.3 is 0 Å². The summed E-state index contributed by atoms with van der Waals surface area (Å²) < 4.78 is 7.42. The molecule has 0 spiro atoms. The number of ether oxygens (including phenoxy) is 1. The molecular weight excluding hydrogens is 392 g/mol. The molecule has 2 heterocycles. The second kappa shape index (κ2) is 9.05. The van der Waals surface area contributed by atoms with Gasteiger partial charge in [-0.05, 0) is 36.8 Å². The maximum absolute atomic E-state index is 6.53. The van der Waals surface area contributed by atoms with Crippen LogP contribution in [-0.2, 0) is 0 Å². The molecule has 0 radical (unpaired) electrons.